The first-order valence-electron chi connectivity index (χ1n) is 8.04. The van der Waals surface area contributed by atoms with E-state index < -0.39 is 0 Å². The average Bonchev–Trinajstić information content (AvgIpc) is 2.56. The van der Waals surface area contributed by atoms with E-state index >= 15 is 0 Å². The van der Waals surface area contributed by atoms with Gasteiger partial charge in [0.15, 0.2) is 0 Å². The minimum Gasteiger partial charge on any atom is -0.356 e. The van der Waals surface area contributed by atoms with Gasteiger partial charge in [-0.1, -0.05) is 30.3 Å². The van der Waals surface area contributed by atoms with Crippen molar-refractivity contribution < 1.29 is 9.59 Å². The Labute approximate surface area is 131 Å². The molecule has 3 rings (SSSR count). The van der Waals surface area contributed by atoms with Crippen molar-refractivity contribution in [2.45, 2.75) is 19.4 Å². The summed E-state index contributed by atoms with van der Waals surface area (Å²) >= 11 is 0. The fourth-order valence-corrected chi connectivity index (χ4v) is 3.22. The highest BCUT2D eigenvalue weighted by Crippen LogP contribution is 2.17. The third-order valence-electron chi connectivity index (χ3n) is 4.53. The monoisotopic (exact) mass is 301 g/mol. The summed E-state index contributed by atoms with van der Waals surface area (Å²) < 4.78 is 0. The number of carbonyl (C=O) groups is 2. The number of carbonyl (C=O) groups excluding carboxylic acids is 2. The van der Waals surface area contributed by atoms with Gasteiger partial charge in [-0.05, 0) is 12.0 Å². The van der Waals surface area contributed by atoms with Crippen molar-refractivity contribution in [1.82, 2.24) is 15.1 Å². The van der Waals surface area contributed by atoms with Crippen molar-refractivity contribution in [2.24, 2.45) is 5.92 Å². The fourth-order valence-electron chi connectivity index (χ4n) is 3.22. The molecule has 22 heavy (non-hydrogen) atoms. The molecule has 2 amide bonds. The largest absolute Gasteiger partial charge is 0.356 e. The van der Waals surface area contributed by atoms with E-state index in [0.29, 0.717) is 13.0 Å². The van der Waals surface area contributed by atoms with E-state index in [2.05, 4.69) is 34.5 Å². The lowest BCUT2D eigenvalue weighted by molar-refractivity contribution is -0.141. The summed E-state index contributed by atoms with van der Waals surface area (Å²) in [6.45, 7) is 4.91. The van der Waals surface area contributed by atoms with Gasteiger partial charge in [0.25, 0.3) is 0 Å². The van der Waals surface area contributed by atoms with Crippen LogP contribution in [0.4, 0.5) is 0 Å². The predicted octanol–water partition coefficient (Wildman–Crippen LogP) is 0.857. The molecule has 2 heterocycles. The maximum atomic E-state index is 12.5. The second kappa shape index (κ2) is 6.92. The van der Waals surface area contributed by atoms with Crippen LogP contribution in [0.25, 0.3) is 0 Å². The maximum Gasteiger partial charge on any atom is 0.226 e. The number of rotatable bonds is 3. The number of nitrogens with zero attached hydrogens (tertiary/aromatic N) is 2. The number of piperazine rings is 1. The van der Waals surface area contributed by atoms with E-state index in [4.69, 9.17) is 0 Å². The fraction of sp³-hybridized carbons (Fsp3) is 0.529. The third-order valence-corrected chi connectivity index (χ3v) is 4.53. The number of hydrogen-bond donors (Lipinski definition) is 1. The van der Waals surface area contributed by atoms with Gasteiger partial charge in [0, 0.05) is 51.6 Å². The molecule has 0 spiro atoms. The van der Waals surface area contributed by atoms with Crippen LogP contribution in [0, 0.1) is 5.92 Å². The van der Waals surface area contributed by atoms with Gasteiger partial charge in [-0.2, -0.15) is 0 Å². The molecule has 5 nitrogen and oxygen atoms in total. The number of amides is 2. The lowest BCUT2D eigenvalue weighted by Gasteiger charge is -2.37. The summed E-state index contributed by atoms with van der Waals surface area (Å²) in [5.41, 5.74) is 1.31. The van der Waals surface area contributed by atoms with E-state index in [1.54, 1.807) is 0 Å². The third kappa shape index (κ3) is 3.65. The van der Waals surface area contributed by atoms with Crippen molar-refractivity contribution in [3.8, 4) is 0 Å². The molecule has 0 bridgehead atoms. The van der Waals surface area contributed by atoms with E-state index in [-0.39, 0.29) is 17.7 Å². The van der Waals surface area contributed by atoms with E-state index in [0.717, 1.165) is 39.1 Å². The highest BCUT2D eigenvalue weighted by molar-refractivity contribution is 5.87. The number of piperidine rings is 1. The lowest BCUT2D eigenvalue weighted by Crippen LogP contribution is -2.51. The molecule has 5 heteroatoms. The van der Waals surface area contributed by atoms with Crippen LogP contribution in [-0.2, 0) is 16.1 Å². The Balaban J connectivity index is 1.49. The molecule has 0 saturated carbocycles. The predicted molar refractivity (Wildman–Crippen MR) is 84.0 cm³/mol. The average molecular weight is 301 g/mol. The summed E-state index contributed by atoms with van der Waals surface area (Å²) in [5.74, 6) is 0.0518. The topological polar surface area (TPSA) is 52.7 Å². The van der Waals surface area contributed by atoms with Crippen LogP contribution >= 0.6 is 0 Å². The first-order valence-corrected chi connectivity index (χ1v) is 8.04. The highest BCUT2D eigenvalue weighted by atomic mass is 16.2. The smallest absolute Gasteiger partial charge is 0.226 e. The van der Waals surface area contributed by atoms with Crippen LogP contribution in [0.5, 0.6) is 0 Å². The van der Waals surface area contributed by atoms with E-state index in [9.17, 15) is 9.59 Å². The molecule has 2 aliphatic rings. The highest BCUT2D eigenvalue weighted by Gasteiger charge is 2.30. The van der Waals surface area contributed by atoms with Gasteiger partial charge in [0.1, 0.15) is 0 Å². The Morgan fingerprint density at radius 1 is 1.14 bits per heavy atom. The Kier molecular flexibility index (Phi) is 4.73. The molecule has 2 saturated heterocycles. The van der Waals surface area contributed by atoms with Gasteiger partial charge in [-0.3, -0.25) is 14.5 Å². The molecule has 0 radical (unpaired) electrons. The Bertz CT molecular complexity index is 524. The zero-order valence-corrected chi connectivity index (χ0v) is 12.8. The Hall–Kier alpha value is -1.88. The molecule has 2 fully saturated rings. The van der Waals surface area contributed by atoms with E-state index in [1.807, 2.05) is 11.0 Å². The molecular weight excluding hydrogens is 278 g/mol. The zero-order chi connectivity index (χ0) is 15.4. The minimum atomic E-state index is -0.116. The van der Waals surface area contributed by atoms with Crippen LogP contribution in [0.3, 0.4) is 0 Å². The van der Waals surface area contributed by atoms with Crippen molar-refractivity contribution in [3.63, 3.8) is 0 Å². The first kappa shape index (κ1) is 15.0. The number of nitrogens with one attached hydrogen (secondary N) is 1. The molecule has 1 atom stereocenters. The molecule has 2 aliphatic heterocycles. The van der Waals surface area contributed by atoms with Crippen LogP contribution in [0.2, 0.25) is 0 Å². The quantitative estimate of drug-likeness (QED) is 0.901. The van der Waals surface area contributed by atoms with Gasteiger partial charge < -0.3 is 10.2 Å². The standard InChI is InChI=1S/C17H23N3O2/c21-16-12-15(6-7-18-16)17(22)20-10-8-19(9-11-20)13-14-4-2-1-3-5-14/h1-5,15H,6-13H2,(H,18,21). The second-order valence-electron chi connectivity index (χ2n) is 6.13. The molecule has 1 unspecified atom stereocenters. The summed E-state index contributed by atoms with van der Waals surface area (Å²) in [4.78, 5) is 28.2. The van der Waals surface area contributed by atoms with Crippen molar-refractivity contribution >= 4 is 11.8 Å². The molecule has 0 aliphatic carbocycles. The normalized spacial score (nSPS) is 23.2. The van der Waals surface area contributed by atoms with Gasteiger partial charge in [0.2, 0.25) is 11.8 Å². The molecular formula is C17H23N3O2. The molecule has 1 N–H and O–H groups in total. The second-order valence-corrected chi connectivity index (χ2v) is 6.13. The van der Waals surface area contributed by atoms with Crippen molar-refractivity contribution in [1.29, 1.82) is 0 Å². The number of hydrogen-bond acceptors (Lipinski definition) is 3. The Morgan fingerprint density at radius 3 is 2.55 bits per heavy atom. The molecule has 1 aromatic rings. The van der Waals surface area contributed by atoms with Gasteiger partial charge in [-0.15, -0.1) is 0 Å². The molecule has 118 valence electrons. The number of benzene rings is 1. The van der Waals surface area contributed by atoms with Gasteiger partial charge in [0.05, 0.1) is 0 Å². The Morgan fingerprint density at radius 2 is 1.86 bits per heavy atom. The van der Waals surface area contributed by atoms with Gasteiger partial charge in [-0.25, -0.2) is 0 Å². The molecule has 1 aromatic carbocycles. The van der Waals surface area contributed by atoms with Crippen LogP contribution in [0.1, 0.15) is 18.4 Å². The lowest BCUT2D eigenvalue weighted by atomic mass is 9.95. The van der Waals surface area contributed by atoms with Crippen LogP contribution in [0.15, 0.2) is 30.3 Å². The summed E-state index contributed by atoms with van der Waals surface area (Å²) in [7, 11) is 0. The van der Waals surface area contributed by atoms with Gasteiger partial charge >= 0.3 is 0 Å². The van der Waals surface area contributed by atoms with Crippen LogP contribution in [-0.4, -0.2) is 54.3 Å². The van der Waals surface area contributed by atoms with Crippen LogP contribution < -0.4 is 5.32 Å². The minimum absolute atomic E-state index is 0.00677. The summed E-state index contributed by atoms with van der Waals surface area (Å²) in [6, 6.07) is 10.4. The zero-order valence-electron chi connectivity index (χ0n) is 12.8. The summed E-state index contributed by atoms with van der Waals surface area (Å²) in [6.07, 6.45) is 1.12. The summed E-state index contributed by atoms with van der Waals surface area (Å²) in [5, 5.41) is 2.79. The van der Waals surface area contributed by atoms with Crippen molar-refractivity contribution in [3.05, 3.63) is 35.9 Å². The van der Waals surface area contributed by atoms with E-state index in [1.165, 1.54) is 5.56 Å². The van der Waals surface area contributed by atoms with Crippen molar-refractivity contribution in [2.75, 3.05) is 32.7 Å². The first-order chi connectivity index (χ1) is 10.7. The SMILES string of the molecule is O=C1CC(C(=O)N2CCN(Cc3ccccc3)CC2)CCN1. The molecule has 0 aromatic heterocycles. The maximum absolute atomic E-state index is 12.5.